The molecular weight excluding hydrogens is 152 g/mol. The molecule has 2 nitrogen and oxygen atoms in total. The predicted octanol–water partition coefficient (Wildman–Crippen LogP) is 2.52. The van der Waals surface area contributed by atoms with Crippen LogP contribution in [0.2, 0.25) is 0 Å². The minimum absolute atomic E-state index is 0.00171. The summed E-state index contributed by atoms with van der Waals surface area (Å²) < 4.78 is 5.28. The van der Waals surface area contributed by atoms with E-state index in [4.69, 9.17) is 4.74 Å². The number of carbonyl (C=O) groups excluding carboxylic acids is 1. The SMILES string of the molecule is CC(C)CC1CCCCC(=O)O1. The summed E-state index contributed by atoms with van der Waals surface area (Å²) in [6, 6.07) is 0. The average Bonchev–Trinajstić information content (AvgIpc) is 2.12. The van der Waals surface area contributed by atoms with Crippen LogP contribution in [0.15, 0.2) is 0 Å². The first-order valence-electron chi connectivity index (χ1n) is 4.88. The molecule has 1 aliphatic rings. The molecule has 0 aromatic carbocycles. The zero-order valence-corrected chi connectivity index (χ0v) is 8.01. The standard InChI is InChI=1S/C10H18O2/c1-8(2)7-9-5-3-4-6-10(11)12-9/h8-9H,3-7H2,1-2H3. The van der Waals surface area contributed by atoms with Gasteiger partial charge in [-0.2, -0.15) is 0 Å². The van der Waals surface area contributed by atoms with E-state index < -0.39 is 0 Å². The van der Waals surface area contributed by atoms with Crippen LogP contribution in [-0.2, 0) is 9.53 Å². The molecule has 0 N–H and O–H groups in total. The number of hydrogen-bond acceptors (Lipinski definition) is 2. The molecule has 0 amide bonds. The van der Waals surface area contributed by atoms with E-state index in [0.29, 0.717) is 12.3 Å². The molecule has 1 fully saturated rings. The molecule has 1 heterocycles. The van der Waals surface area contributed by atoms with E-state index in [1.807, 2.05) is 0 Å². The second-order valence-corrected chi connectivity index (χ2v) is 3.99. The Balaban J connectivity index is 2.36. The van der Waals surface area contributed by atoms with E-state index in [1.165, 1.54) is 0 Å². The highest BCUT2D eigenvalue weighted by atomic mass is 16.5. The van der Waals surface area contributed by atoms with Crippen molar-refractivity contribution in [2.45, 2.75) is 52.1 Å². The first-order chi connectivity index (χ1) is 5.68. The molecule has 2 heteroatoms. The van der Waals surface area contributed by atoms with E-state index in [1.54, 1.807) is 0 Å². The van der Waals surface area contributed by atoms with Crippen LogP contribution in [0.5, 0.6) is 0 Å². The van der Waals surface area contributed by atoms with Crippen molar-refractivity contribution < 1.29 is 9.53 Å². The van der Waals surface area contributed by atoms with E-state index in [-0.39, 0.29) is 12.1 Å². The van der Waals surface area contributed by atoms with Crippen LogP contribution in [0.3, 0.4) is 0 Å². The van der Waals surface area contributed by atoms with Crippen LogP contribution in [0.25, 0.3) is 0 Å². The Bertz CT molecular complexity index is 152. The summed E-state index contributed by atoms with van der Waals surface area (Å²) in [5, 5.41) is 0. The summed E-state index contributed by atoms with van der Waals surface area (Å²) in [4.78, 5) is 11.1. The fourth-order valence-electron chi connectivity index (χ4n) is 1.64. The number of hydrogen-bond donors (Lipinski definition) is 0. The van der Waals surface area contributed by atoms with Crippen LogP contribution in [0.4, 0.5) is 0 Å². The monoisotopic (exact) mass is 170 g/mol. The zero-order valence-electron chi connectivity index (χ0n) is 8.01. The average molecular weight is 170 g/mol. The van der Waals surface area contributed by atoms with Gasteiger partial charge in [-0.1, -0.05) is 13.8 Å². The molecule has 1 aliphatic heterocycles. The first-order valence-corrected chi connectivity index (χ1v) is 4.88. The summed E-state index contributed by atoms with van der Waals surface area (Å²) in [7, 11) is 0. The molecule has 1 saturated heterocycles. The van der Waals surface area contributed by atoms with Gasteiger partial charge in [-0.05, 0) is 31.6 Å². The number of ether oxygens (including phenoxy) is 1. The van der Waals surface area contributed by atoms with Gasteiger partial charge >= 0.3 is 5.97 Å². The molecule has 1 rings (SSSR count). The molecule has 1 atom stereocenters. The lowest BCUT2D eigenvalue weighted by Crippen LogP contribution is -2.17. The summed E-state index contributed by atoms with van der Waals surface area (Å²) in [5.41, 5.74) is 0. The Morgan fingerprint density at radius 2 is 2.25 bits per heavy atom. The van der Waals surface area contributed by atoms with Gasteiger partial charge in [0.1, 0.15) is 6.10 Å². The number of rotatable bonds is 2. The lowest BCUT2D eigenvalue weighted by atomic mass is 10.0. The zero-order chi connectivity index (χ0) is 8.97. The summed E-state index contributed by atoms with van der Waals surface area (Å²) in [6.45, 7) is 4.33. The normalized spacial score (nSPS) is 25.2. The number of cyclic esters (lactones) is 1. The first kappa shape index (κ1) is 9.56. The molecule has 0 spiro atoms. The maximum absolute atomic E-state index is 11.1. The fourth-order valence-corrected chi connectivity index (χ4v) is 1.64. The van der Waals surface area contributed by atoms with Crippen LogP contribution < -0.4 is 0 Å². The van der Waals surface area contributed by atoms with E-state index in [9.17, 15) is 4.79 Å². The van der Waals surface area contributed by atoms with Gasteiger partial charge in [-0.15, -0.1) is 0 Å². The maximum atomic E-state index is 11.1. The van der Waals surface area contributed by atoms with Crippen LogP contribution in [0, 0.1) is 5.92 Å². The van der Waals surface area contributed by atoms with Crippen molar-refractivity contribution in [3.05, 3.63) is 0 Å². The molecule has 70 valence electrons. The van der Waals surface area contributed by atoms with Gasteiger partial charge in [-0.3, -0.25) is 4.79 Å². The van der Waals surface area contributed by atoms with Gasteiger partial charge in [0.25, 0.3) is 0 Å². The quantitative estimate of drug-likeness (QED) is 0.595. The van der Waals surface area contributed by atoms with Gasteiger partial charge in [0.05, 0.1) is 0 Å². The lowest BCUT2D eigenvalue weighted by molar-refractivity contribution is -0.148. The van der Waals surface area contributed by atoms with Gasteiger partial charge < -0.3 is 4.74 Å². The minimum Gasteiger partial charge on any atom is -0.462 e. The fraction of sp³-hybridized carbons (Fsp3) is 0.900. The molecule has 0 bridgehead atoms. The van der Waals surface area contributed by atoms with Gasteiger partial charge in [-0.25, -0.2) is 0 Å². The molecule has 0 aliphatic carbocycles. The molecule has 1 unspecified atom stereocenters. The molecule has 0 radical (unpaired) electrons. The van der Waals surface area contributed by atoms with E-state index in [2.05, 4.69) is 13.8 Å². The minimum atomic E-state index is -0.00171. The van der Waals surface area contributed by atoms with Crippen molar-refractivity contribution in [2.75, 3.05) is 0 Å². The Morgan fingerprint density at radius 1 is 1.50 bits per heavy atom. The van der Waals surface area contributed by atoms with Crippen molar-refractivity contribution in [1.82, 2.24) is 0 Å². The van der Waals surface area contributed by atoms with Crippen LogP contribution in [0.1, 0.15) is 46.0 Å². The van der Waals surface area contributed by atoms with Crippen molar-refractivity contribution in [3.63, 3.8) is 0 Å². The highest BCUT2D eigenvalue weighted by Crippen LogP contribution is 2.19. The number of carbonyl (C=O) groups is 1. The van der Waals surface area contributed by atoms with Crippen LogP contribution >= 0.6 is 0 Å². The van der Waals surface area contributed by atoms with E-state index in [0.717, 1.165) is 25.7 Å². The third kappa shape index (κ3) is 3.24. The predicted molar refractivity (Wildman–Crippen MR) is 47.8 cm³/mol. The Morgan fingerprint density at radius 3 is 2.92 bits per heavy atom. The molecule has 0 aromatic rings. The molecule has 0 saturated carbocycles. The maximum Gasteiger partial charge on any atom is 0.306 e. The highest BCUT2D eigenvalue weighted by molar-refractivity contribution is 5.69. The van der Waals surface area contributed by atoms with Gasteiger partial charge in [0.2, 0.25) is 0 Å². The summed E-state index contributed by atoms with van der Waals surface area (Å²) in [6.07, 6.45) is 5.04. The number of esters is 1. The third-order valence-electron chi connectivity index (χ3n) is 2.19. The second-order valence-electron chi connectivity index (χ2n) is 3.99. The summed E-state index contributed by atoms with van der Waals surface area (Å²) >= 11 is 0. The molecular formula is C10H18O2. The smallest absolute Gasteiger partial charge is 0.306 e. The lowest BCUT2D eigenvalue weighted by Gasteiger charge is -2.16. The Kier molecular flexibility index (Phi) is 3.57. The van der Waals surface area contributed by atoms with Crippen molar-refractivity contribution in [3.8, 4) is 0 Å². The highest BCUT2D eigenvalue weighted by Gasteiger charge is 2.18. The molecule has 12 heavy (non-hydrogen) atoms. The van der Waals surface area contributed by atoms with Crippen molar-refractivity contribution in [2.24, 2.45) is 5.92 Å². The second kappa shape index (κ2) is 4.48. The summed E-state index contributed by atoms with van der Waals surface area (Å²) in [5.74, 6) is 0.624. The van der Waals surface area contributed by atoms with E-state index >= 15 is 0 Å². The van der Waals surface area contributed by atoms with Crippen LogP contribution in [-0.4, -0.2) is 12.1 Å². The van der Waals surface area contributed by atoms with Crippen molar-refractivity contribution >= 4 is 5.97 Å². The Hall–Kier alpha value is -0.530. The largest absolute Gasteiger partial charge is 0.462 e. The van der Waals surface area contributed by atoms with Gasteiger partial charge in [0.15, 0.2) is 0 Å². The molecule has 0 aromatic heterocycles. The van der Waals surface area contributed by atoms with Crippen molar-refractivity contribution in [1.29, 1.82) is 0 Å². The third-order valence-corrected chi connectivity index (χ3v) is 2.19. The van der Waals surface area contributed by atoms with Gasteiger partial charge in [0, 0.05) is 6.42 Å². The topological polar surface area (TPSA) is 26.3 Å². The Labute approximate surface area is 74.3 Å².